The molecule has 2 aromatic carbocycles. The first kappa shape index (κ1) is 22.3. The van der Waals surface area contributed by atoms with E-state index in [4.69, 9.17) is 14.2 Å². The van der Waals surface area contributed by atoms with Crippen molar-refractivity contribution < 1.29 is 23.8 Å². The quantitative estimate of drug-likeness (QED) is 0.506. The van der Waals surface area contributed by atoms with Crippen molar-refractivity contribution in [3.8, 4) is 22.1 Å². The number of thiazole rings is 1. The van der Waals surface area contributed by atoms with Crippen LogP contribution in [-0.2, 0) is 16.1 Å². The molecule has 1 heterocycles. The molecule has 0 saturated heterocycles. The molecule has 0 unspecified atom stereocenters. The summed E-state index contributed by atoms with van der Waals surface area (Å²) in [6, 6.07) is 12.9. The van der Waals surface area contributed by atoms with Gasteiger partial charge in [-0.15, -0.1) is 11.3 Å². The number of rotatable bonds is 9. The van der Waals surface area contributed by atoms with E-state index in [0.717, 1.165) is 16.1 Å². The molecule has 0 aliphatic carbocycles. The van der Waals surface area contributed by atoms with Crippen molar-refractivity contribution in [1.29, 1.82) is 0 Å². The Labute approximate surface area is 185 Å². The maximum atomic E-state index is 12.2. The van der Waals surface area contributed by atoms with Crippen LogP contribution in [0.5, 0.6) is 11.5 Å². The van der Waals surface area contributed by atoms with E-state index in [0.29, 0.717) is 22.8 Å². The highest BCUT2D eigenvalue weighted by Gasteiger charge is 2.15. The molecule has 0 bridgehead atoms. The second-order valence-corrected chi connectivity index (χ2v) is 7.52. The van der Waals surface area contributed by atoms with E-state index in [2.05, 4.69) is 10.3 Å². The number of carbonyl (C=O) groups excluding carboxylic acids is 2. The van der Waals surface area contributed by atoms with Gasteiger partial charge in [0.25, 0.3) is 5.91 Å². The summed E-state index contributed by atoms with van der Waals surface area (Å²) in [5.74, 6) is 0.615. The largest absolute Gasteiger partial charge is 0.493 e. The van der Waals surface area contributed by atoms with Crippen LogP contribution in [0.15, 0.2) is 47.8 Å². The van der Waals surface area contributed by atoms with Crippen LogP contribution in [0.4, 0.5) is 0 Å². The van der Waals surface area contributed by atoms with Crippen molar-refractivity contribution >= 4 is 23.2 Å². The highest BCUT2D eigenvalue weighted by molar-refractivity contribution is 7.13. The minimum Gasteiger partial charge on any atom is -0.493 e. The van der Waals surface area contributed by atoms with Crippen LogP contribution in [0.1, 0.15) is 28.0 Å². The van der Waals surface area contributed by atoms with Gasteiger partial charge in [0.15, 0.2) is 11.5 Å². The molecule has 0 fully saturated rings. The summed E-state index contributed by atoms with van der Waals surface area (Å²) >= 11 is 1.43. The van der Waals surface area contributed by atoms with E-state index in [1.165, 1.54) is 11.3 Å². The summed E-state index contributed by atoms with van der Waals surface area (Å²) in [4.78, 5) is 28.7. The average Bonchev–Trinajstić information content (AvgIpc) is 3.26. The van der Waals surface area contributed by atoms with Gasteiger partial charge in [0.2, 0.25) is 0 Å². The summed E-state index contributed by atoms with van der Waals surface area (Å²) in [6.45, 7) is 2.13. The second kappa shape index (κ2) is 10.6. The fourth-order valence-corrected chi connectivity index (χ4v) is 3.81. The number of esters is 1. The molecule has 0 radical (unpaired) electrons. The fourth-order valence-electron chi connectivity index (χ4n) is 2.98. The molecule has 0 aliphatic heterocycles. The monoisotopic (exact) mass is 440 g/mol. The standard InChI is InChI=1S/C23H24N2O5S/c1-15-7-4-5-8-17(15)22(27)24-12-11-20(26)30-13-16-14-31-23(25-16)18-9-6-10-19(28-2)21(18)29-3/h4-10,14H,11-13H2,1-3H3,(H,24,27). The number of nitrogens with zero attached hydrogens (tertiary/aromatic N) is 1. The van der Waals surface area contributed by atoms with Crippen molar-refractivity contribution in [2.24, 2.45) is 0 Å². The van der Waals surface area contributed by atoms with E-state index in [1.54, 1.807) is 26.4 Å². The van der Waals surface area contributed by atoms with Crippen LogP contribution < -0.4 is 14.8 Å². The third-order valence-electron chi connectivity index (χ3n) is 4.57. The van der Waals surface area contributed by atoms with Crippen molar-refractivity contribution in [3.05, 3.63) is 64.7 Å². The molecule has 7 nitrogen and oxygen atoms in total. The summed E-state index contributed by atoms with van der Waals surface area (Å²) < 4.78 is 16.1. The van der Waals surface area contributed by atoms with Gasteiger partial charge >= 0.3 is 5.97 Å². The lowest BCUT2D eigenvalue weighted by Gasteiger charge is -2.10. The maximum absolute atomic E-state index is 12.2. The number of methoxy groups -OCH3 is 2. The lowest BCUT2D eigenvalue weighted by molar-refractivity contribution is -0.144. The molecule has 1 amide bonds. The number of aromatic nitrogens is 1. The van der Waals surface area contributed by atoms with Gasteiger partial charge in [0.05, 0.1) is 31.9 Å². The van der Waals surface area contributed by atoms with Crippen LogP contribution >= 0.6 is 11.3 Å². The summed E-state index contributed by atoms with van der Waals surface area (Å²) in [7, 11) is 3.16. The van der Waals surface area contributed by atoms with E-state index in [1.807, 2.05) is 42.6 Å². The first-order valence-corrected chi connectivity index (χ1v) is 10.6. The molecule has 162 valence electrons. The van der Waals surface area contributed by atoms with Crippen molar-refractivity contribution in [2.75, 3.05) is 20.8 Å². The molecule has 3 rings (SSSR count). The zero-order chi connectivity index (χ0) is 22.2. The van der Waals surface area contributed by atoms with Gasteiger partial charge in [0, 0.05) is 17.5 Å². The van der Waals surface area contributed by atoms with Gasteiger partial charge in [-0.3, -0.25) is 9.59 Å². The minimum atomic E-state index is -0.404. The Balaban J connectivity index is 1.50. The highest BCUT2D eigenvalue weighted by Crippen LogP contribution is 2.39. The predicted octanol–water partition coefficient (Wildman–Crippen LogP) is 4.00. The SMILES string of the molecule is COc1cccc(-c2nc(COC(=O)CCNC(=O)c3ccccc3C)cs2)c1OC. The molecular weight excluding hydrogens is 416 g/mol. The Morgan fingerprint density at radius 2 is 1.87 bits per heavy atom. The molecule has 0 atom stereocenters. The molecule has 0 saturated carbocycles. The molecule has 1 aromatic heterocycles. The molecule has 3 aromatic rings. The first-order valence-electron chi connectivity index (χ1n) is 9.68. The lowest BCUT2D eigenvalue weighted by atomic mass is 10.1. The number of carbonyl (C=O) groups is 2. The van der Waals surface area contributed by atoms with Gasteiger partial charge in [-0.2, -0.15) is 0 Å². The van der Waals surface area contributed by atoms with E-state index in [9.17, 15) is 9.59 Å². The van der Waals surface area contributed by atoms with E-state index >= 15 is 0 Å². The molecule has 8 heteroatoms. The maximum Gasteiger partial charge on any atom is 0.307 e. The first-order chi connectivity index (χ1) is 15.0. The van der Waals surface area contributed by atoms with Gasteiger partial charge in [-0.25, -0.2) is 4.98 Å². The molecule has 31 heavy (non-hydrogen) atoms. The van der Waals surface area contributed by atoms with Gasteiger partial charge < -0.3 is 19.5 Å². The normalized spacial score (nSPS) is 10.4. The van der Waals surface area contributed by atoms with Gasteiger partial charge in [-0.05, 0) is 30.7 Å². The van der Waals surface area contributed by atoms with Crippen molar-refractivity contribution in [2.45, 2.75) is 20.0 Å². The number of benzene rings is 2. The molecule has 0 spiro atoms. The predicted molar refractivity (Wildman–Crippen MR) is 119 cm³/mol. The summed E-state index contributed by atoms with van der Waals surface area (Å²) in [5, 5.41) is 5.32. The fraction of sp³-hybridized carbons (Fsp3) is 0.261. The Hall–Kier alpha value is -3.39. The molecule has 1 N–H and O–H groups in total. The highest BCUT2D eigenvalue weighted by atomic mass is 32.1. The van der Waals surface area contributed by atoms with Crippen LogP contribution in [0.3, 0.4) is 0 Å². The number of para-hydroxylation sites is 1. The van der Waals surface area contributed by atoms with Crippen LogP contribution in [-0.4, -0.2) is 37.6 Å². The number of aryl methyl sites for hydroxylation is 1. The third kappa shape index (κ3) is 5.61. The Morgan fingerprint density at radius 1 is 1.06 bits per heavy atom. The Bertz CT molecular complexity index is 1060. The molecular formula is C23H24N2O5S. The molecule has 0 aliphatic rings. The summed E-state index contributed by atoms with van der Waals surface area (Å²) in [5.41, 5.74) is 2.93. The van der Waals surface area contributed by atoms with Crippen molar-refractivity contribution in [3.63, 3.8) is 0 Å². The zero-order valence-corrected chi connectivity index (χ0v) is 18.5. The number of ether oxygens (including phenoxy) is 3. The lowest BCUT2D eigenvalue weighted by Crippen LogP contribution is -2.27. The number of amides is 1. The van der Waals surface area contributed by atoms with Gasteiger partial charge in [0.1, 0.15) is 11.6 Å². The number of hydrogen-bond donors (Lipinski definition) is 1. The van der Waals surface area contributed by atoms with Crippen molar-refractivity contribution in [1.82, 2.24) is 10.3 Å². The zero-order valence-electron chi connectivity index (χ0n) is 17.6. The summed E-state index contributed by atoms with van der Waals surface area (Å²) in [6.07, 6.45) is 0.0817. The second-order valence-electron chi connectivity index (χ2n) is 6.67. The smallest absolute Gasteiger partial charge is 0.307 e. The third-order valence-corrected chi connectivity index (χ3v) is 5.49. The Morgan fingerprint density at radius 3 is 2.61 bits per heavy atom. The number of hydrogen-bond acceptors (Lipinski definition) is 7. The number of nitrogens with one attached hydrogen (secondary N) is 1. The van der Waals surface area contributed by atoms with Crippen LogP contribution in [0.2, 0.25) is 0 Å². The van der Waals surface area contributed by atoms with Crippen LogP contribution in [0, 0.1) is 6.92 Å². The average molecular weight is 441 g/mol. The van der Waals surface area contributed by atoms with Crippen LogP contribution in [0.25, 0.3) is 10.6 Å². The van der Waals surface area contributed by atoms with Gasteiger partial charge in [-0.1, -0.05) is 24.3 Å². The van der Waals surface area contributed by atoms with E-state index < -0.39 is 5.97 Å². The Kier molecular flexibility index (Phi) is 7.61. The topological polar surface area (TPSA) is 86.8 Å². The van der Waals surface area contributed by atoms with E-state index in [-0.39, 0.29) is 25.5 Å². The minimum absolute atomic E-state index is 0.0629.